The zero-order valence-electron chi connectivity index (χ0n) is 24.3. The molecule has 218 valence electrons. The summed E-state index contributed by atoms with van der Waals surface area (Å²) in [5.41, 5.74) is 8.99. The molecule has 4 aromatic rings. The summed E-state index contributed by atoms with van der Waals surface area (Å²) in [5.74, 6) is -0.250. The minimum atomic E-state index is -1.34. The summed E-state index contributed by atoms with van der Waals surface area (Å²) in [5, 5.41) is 3.30. The lowest BCUT2D eigenvalue weighted by atomic mass is 10.1. The molecule has 1 atom stereocenters. The zero-order valence-corrected chi connectivity index (χ0v) is 25.1. The number of carbonyl (C=O) groups excluding carboxylic acids is 1. The molecule has 4 rings (SSSR count). The van der Waals surface area contributed by atoms with Crippen LogP contribution >= 0.6 is 0 Å². The number of pyridine rings is 2. The topological polar surface area (TPSA) is 120 Å². The van der Waals surface area contributed by atoms with E-state index in [2.05, 4.69) is 20.3 Å². The van der Waals surface area contributed by atoms with Crippen LogP contribution in [0.5, 0.6) is 11.5 Å². The van der Waals surface area contributed by atoms with Gasteiger partial charge >= 0.3 is 0 Å². The van der Waals surface area contributed by atoms with E-state index >= 15 is 4.39 Å². The van der Waals surface area contributed by atoms with Crippen molar-refractivity contribution >= 4 is 33.8 Å². The van der Waals surface area contributed by atoms with Crippen molar-refractivity contribution in [2.24, 2.45) is 10.7 Å². The molecule has 2 aromatic carbocycles. The van der Waals surface area contributed by atoms with Crippen LogP contribution in [0.25, 0.3) is 10.9 Å². The number of hydrogen-bond donors (Lipinski definition) is 2. The summed E-state index contributed by atoms with van der Waals surface area (Å²) in [6.45, 7) is 9.37. The average Bonchev–Trinajstić information content (AvgIpc) is 2.93. The maximum atomic E-state index is 15.3. The number of aromatic nitrogens is 2. The Balaban J connectivity index is 1.53. The fourth-order valence-corrected chi connectivity index (χ4v) is 5.36. The molecule has 10 heteroatoms. The Morgan fingerprint density at radius 2 is 1.90 bits per heavy atom. The molecule has 0 spiro atoms. The lowest BCUT2D eigenvalue weighted by Crippen LogP contribution is -2.26. The number of nitrogens with one attached hydrogen (secondary N) is 1. The van der Waals surface area contributed by atoms with Crippen molar-refractivity contribution in [3.05, 3.63) is 101 Å². The van der Waals surface area contributed by atoms with Gasteiger partial charge in [-0.2, -0.15) is 0 Å². The SMILES string of the molecule is Cc1cc(CC(=O)N/C(C=NC(C)(C)C)=C/N)cc(F)c1Oc1ccnc2ccc(S(=O)Cc3cccnc3C)cc12. The highest BCUT2D eigenvalue weighted by Crippen LogP contribution is 2.34. The molecule has 0 aliphatic rings. The molecule has 1 amide bonds. The molecule has 0 aliphatic carbocycles. The number of nitrogens with zero attached hydrogens (tertiary/aromatic N) is 3. The Bertz CT molecular complexity index is 1690. The van der Waals surface area contributed by atoms with Crippen LogP contribution in [-0.4, -0.2) is 31.8 Å². The van der Waals surface area contributed by atoms with Crippen molar-refractivity contribution in [3.63, 3.8) is 0 Å². The molecule has 0 bridgehead atoms. The number of hydrogen-bond acceptors (Lipinski definition) is 7. The maximum Gasteiger partial charge on any atom is 0.228 e. The highest BCUT2D eigenvalue weighted by molar-refractivity contribution is 7.84. The largest absolute Gasteiger partial charge is 0.453 e. The number of aliphatic imine (C=N–C) groups is 1. The lowest BCUT2D eigenvalue weighted by molar-refractivity contribution is -0.119. The lowest BCUT2D eigenvalue weighted by Gasteiger charge is -2.14. The molecule has 0 saturated heterocycles. The van der Waals surface area contributed by atoms with Crippen LogP contribution in [0.15, 0.2) is 82.7 Å². The van der Waals surface area contributed by atoms with E-state index in [0.29, 0.717) is 44.1 Å². The number of rotatable bonds is 9. The molecule has 42 heavy (non-hydrogen) atoms. The summed E-state index contributed by atoms with van der Waals surface area (Å²) < 4.78 is 34.6. The Morgan fingerprint density at radius 1 is 1.12 bits per heavy atom. The summed E-state index contributed by atoms with van der Waals surface area (Å²) in [6.07, 6.45) is 5.97. The van der Waals surface area contributed by atoms with Crippen molar-refractivity contribution in [2.45, 2.75) is 57.2 Å². The number of carbonyl (C=O) groups is 1. The summed E-state index contributed by atoms with van der Waals surface area (Å²) in [6, 6.07) is 13.6. The van der Waals surface area contributed by atoms with E-state index in [4.69, 9.17) is 10.5 Å². The van der Waals surface area contributed by atoms with Crippen molar-refractivity contribution in [2.75, 3.05) is 0 Å². The van der Waals surface area contributed by atoms with Crippen LogP contribution in [0.1, 0.15) is 43.2 Å². The monoisotopic (exact) mass is 587 g/mol. The molecule has 8 nitrogen and oxygen atoms in total. The first-order chi connectivity index (χ1) is 19.9. The third-order valence-corrected chi connectivity index (χ3v) is 7.61. The van der Waals surface area contributed by atoms with Crippen LogP contribution in [-0.2, 0) is 27.8 Å². The van der Waals surface area contributed by atoms with Crippen LogP contribution in [0.4, 0.5) is 4.39 Å². The fourth-order valence-electron chi connectivity index (χ4n) is 4.14. The first-order valence-corrected chi connectivity index (χ1v) is 14.7. The van der Waals surface area contributed by atoms with Crippen molar-refractivity contribution < 1.29 is 18.1 Å². The zero-order chi connectivity index (χ0) is 30.4. The molecular weight excluding hydrogens is 553 g/mol. The van der Waals surface area contributed by atoms with Gasteiger partial charge in [-0.1, -0.05) is 12.1 Å². The van der Waals surface area contributed by atoms with Gasteiger partial charge in [0.25, 0.3) is 0 Å². The Kier molecular flexibility index (Phi) is 9.47. The van der Waals surface area contributed by atoms with E-state index in [1.165, 1.54) is 18.5 Å². The van der Waals surface area contributed by atoms with Crippen LogP contribution in [0.2, 0.25) is 0 Å². The third kappa shape index (κ3) is 7.85. The fraction of sp³-hybridized carbons (Fsp3) is 0.250. The van der Waals surface area contributed by atoms with E-state index in [1.807, 2.05) is 39.8 Å². The van der Waals surface area contributed by atoms with Crippen molar-refractivity contribution in [1.82, 2.24) is 15.3 Å². The van der Waals surface area contributed by atoms with Gasteiger partial charge in [0.05, 0.1) is 39.7 Å². The number of fused-ring (bicyclic) bond motifs is 1. The molecule has 0 radical (unpaired) electrons. The normalized spacial score (nSPS) is 13.0. The smallest absolute Gasteiger partial charge is 0.228 e. The van der Waals surface area contributed by atoms with Crippen LogP contribution < -0.4 is 15.8 Å². The molecule has 0 aliphatic heterocycles. The predicted molar refractivity (Wildman–Crippen MR) is 164 cm³/mol. The minimum absolute atomic E-state index is 0.0315. The first-order valence-electron chi connectivity index (χ1n) is 13.3. The molecule has 2 aromatic heterocycles. The van der Waals surface area contributed by atoms with Crippen LogP contribution in [0.3, 0.4) is 0 Å². The van der Waals surface area contributed by atoms with E-state index in [0.717, 1.165) is 11.3 Å². The van der Waals surface area contributed by atoms with E-state index < -0.39 is 16.6 Å². The molecule has 3 N–H and O–H groups in total. The quantitative estimate of drug-likeness (QED) is 0.238. The van der Waals surface area contributed by atoms with Gasteiger partial charge in [-0.15, -0.1) is 0 Å². The second-order valence-corrected chi connectivity index (χ2v) is 12.3. The molecule has 1 unspecified atom stereocenters. The molecule has 0 saturated carbocycles. The predicted octanol–water partition coefficient (Wildman–Crippen LogP) is 5.81. The average molecular weight is 588 g/mol. The summed E-state index contributed by atoms with van der Waals surface area (Å²) >= 11 is 0. The van der Waals surface area contributed by atoms with Gasteiger partial charge in [0, 0.05) is 40.8 Å². The van der Waals surface area contributed by atoms with E-state index in [9.17, 15) is 9.00 Å². The Morgan fingerprint density at radius 3 is 2.60 bits per heavy atom. The maximum absolute atomic E-state index is 15.3. The number of benzene rings is 2. The summed E-state index contributed by atoms with van der Waals surface area (Å²) in [4.78, 5) is 26.2. The second-order valence-electron chi connectivity index (χ2n) is 10.8. The highest BCUT2D eigenvalue weighted by Gasteiger charge is 2.16. The molecule has 2 heterocycles. The van der Waals surface area contributed by atoms with Gasteiger partial charge in [-0.25, -0.2) is 4.39 Å². The van der Waals surface area contributed by atoms with Gasteiger partial charge in [0.2, 0.25) is 5.91 Å². The second kappa shape index (κ2) is 13.0. The van der Waals surface area contributed by atoms with Crippen LogP contribution in [0, 0.1) is 19.7 Å². The number of amides is 1. The Labute approximate surface area is 247 Å². The van der Waals surface area contributed by atoms with Gasteiger partial charge in [-0.3, -0.25) is 24.0 Å². The van der Waals surface area contributed by atoms with Gasteiger partial charge in [0.15, 0.2) is 11.6 Å². The standard InChI is InChI=1S/C32H34FN5O3S/c1-20-13-22(15-30(39)38-24(17-34)18-37-32(3,4)5)14-27(33)31(20)41-29-10-12-36-28-9-8-25(16-26(28)29)42(40)19-23-7-6-11-35-21(23)2/h6-14,16-18H,15,19,34H2,1-5H3,(H,38,39)/b24-17+,37-18?. The van der Waals surface area contributed by atoms with E-state index in [-0.39, 0.29) is 23.6 Å². The minimum Gasteiger partial charge on any atom is -0.453 e. The molecular formula is C32H34FN5O3S. The number of aryl methyl sites for hydroxylation is 2. The van der Waals surface area contributed by atoms with Gasteiger partial charge in [-0.05, 0) is 87.7 Å². The van der Waals surface area contributed by atoms with E-state index in [1.54, 1.807) is 49.6 Å². The Hall–Kier alpha value is -4.44. The van der Waals surface area contributed by atoms with Crippen molar-refractivity contribution in [3.8, 4) is 11.5 Å². The first kappa shape index (κ1) is 30.5. The van der Waals surface area contributed by atoms with Crippen molar-refractivity contribution in [1.29, 1.82) is 0 Å². The van der Waals surface area contributed by atoms with Gasteiger partial charge in [0.1, 0.15) is 5.75 Å². The number of ether oxygens (including phenoxy) is 1. The van der Waals surface area contributed by atoms with Gasteiger partial charge < -0.3 is 15.8 Å². The summed E-state index contributed by atoms with van der Waals surface area (Å²) in [7, 11) is -1.34. The third-order valence-electron chi connectivity index (χ3n) is 6.26. The number of allylic oxidation sites excluding steroid dienone is 1. The number of halogens is 1. The number of nitrogens with two attached hydrogens (primary N) is 1. The highest BCUT2D eigenvalue weighted by atomic mass is 32.2. The molecule has 0 fully saturated rings.